The molecule has 0 radical (unpaired) electrons. The summed E-state index contributed by atoms with van der Waals surface area (Å²) in [5.74, 6) is 0.881. The maximum Gasteiger partial charge on any atom is 0.265 e. The lowest BCUT2D eigenvalue weighted by Crippen LogP contribution is -2.30. The molecule has 1 aromatic carbocycles. The molecule has 0 heterocycles. The Balaban J connectivity index is 2.39. The van der Waals surface area contributed by atoms with E-state index >= 15 is 0 Å². The molecule has 2 atom stereocenters. The number of halogens is 2. The first-order valence-corrected chi connectivity index (χ1v) is 10.3. The van der Waals surface area contributed by atoms with Crippen LogP contribution in [0.15, 0.2) is 21.5 Å². The first kappa shape index (κ1) is 17.1. The summed E-state index contributed by atoms with van der Waals surface area (Å²) in [7, 11) is 1.73. The zero-order valence-corrected chi connectivity index (χ0v) is 15.4. The Morgan fingerprint density at radius 2 is 2.00 bits per heavy atom. The fourth-order valence-corrected chi connectivity index (χ4v) is 4.74. The van der Waals surface area contributed by atoms with Crippen LogP contribution < -0.4 is 4.74 Å². The van der Waals surface area contributed by atoms with Crippen molar-refractivity contribution in [1.29, 1.82) is 0 Å². The molecule has 1 aliphatic carbocycles. The van der Waals surface area contributed by atoms with Crippen molar-refractivity contribution in [2.75, 3.05) is 0 Å². The topological polar surface area (TPSA) is 43.4 Å². The van der Waals surface area contributed by atoms with E-state index in [1.807, 2.05) is 13.0 Å². The molecule has 0 spiro atoms. The van der Waals surface area contributed by atoms with Crippen LogP contribution in [0.4, 0.5) is 0 Å². The molecule has 0 N–H and O–H groups in total. The lowest BCUT2D eigenvalue weighted by atomic mass is 9.84. The standard InChI is InChI=1S/C15H20BrClO3S/c1-3-11-6-4-5-7-13(11)20-15-10(2)8-12(16)9-14(15)21(17,18)19/h8-9,11,13H,3-7H2,1-2H3. The van der Waals surface area contributed by atoms with Gasteiger partial charge in [0.1, 0.15) is 16.7 Å². The van der Waals surface area contributed by atoms with Gasteiger partial charge in [0.15, 0.2) is 0 Å². The molecule has 1 aliphatic rings. The van der Waals surface area contributed by atoms with Crippen LogP contribution in [0.3, 0.4) is 0 Å². The van der Waals surface area contributed by atoms with E-state index in [9.17, 15) is 8.42 Å². The number of aryl methyl sites for hydroxylation is 1. The first-order valence-electron chi connectivity index (χ1n) is 7.24. The van der Waals surface area contributed by atoms with Crippen molar-refractivity contribution in [2.45, 2.75) is 57.0 Å². The Kier molecular flexibility index (Phi) is 5.60. The highest BCUT2D eigenvalue weighted by atomic mass is 79.9. The average Bonchev–Trinajstić information content (AvgIpc) is 2.40. The minimum atomic E-state index is -3.84. The van der Waals surface area contributed by atoms with Gasteiger partial charge < -0.3 is 4.74 Å². The van der Waals surface area contributed by atoms with Crippen LogP contribution in [0.1, 0.15) is 44.6 Å². The smallest absolute Gasteiger partial charge is 0.265 e. The van der Waals surface area contributed by atoms with Gasteiger partial charge in [0.2, 0.25) is 0 Å². The molecular formula is C15H20BrClO3S. The van der Waals surface area contributed by atoms with E-state index in [1.54, 1.807) is 0 Å². The summed E-state index contributed by atoms with van der Waals surface area (Å²) in [6, 6.07) is 3.36. The van der Waals surface area contributed by atoms with Gasteiger partial charge in [0.05, 0.1) is 0 Å². The number of benzene rings is 1. The highest BCUT2D eigenvalue weighted by Gasteiger charge is 2.28. The molecule has 1 aromatic rings. The van der Waals surface area contributed by atoms with Gasteiger partial charge in [0, 0.05) is 15.2 Å². The van der Waals surface area contributed by atoms with Crippen LogP contribution >= 0.6 is 26.6 Å². The highest BCUT2D eigenvalue weighted by molar-refractivity contribution is 9.10. The predicted molar refractivity (Wildman–Crippen MR) is 88.6 cm³/mol. The van der Waals surface area contributed by atoms with E-state index in [2.05, 4.69) is 22.9 Å². The van der Waals surface area contributed by atoms with Crippen molar-refractivity contribution in [3.05, 3.63) is 22.2 Å². The van der Waals surface area contributed by atoms with Crippen molar-refractivity contribution in [3.63, 3.8) is 0 Å². The number of ether oxygens (including phenoxy) is 1. The van der Waals surface area contributed by atoms with Crippen LogP contribution in [-0.2, 0) is 9.05 Å². The van der Waals surface area contributed by atoms with Crippen LogP contribution in [0.5, 0.6) is 5.75 Å². The van der Waals surface area contributed by atoms with Gasteiger partial charge in [0.25, 0.3) is 9.05 Å². The minimum Gasteiger partial charge on any atom is -0.488 e. The highest BCUT2D eigenvalue weighted by Crippen LogP contribution is 2.37. The summed E-state index contributed by atoms with van der Waals surface area (Å²) in [5, 5.41) is 0. The van der Waals surface area contributed by atoms with E-state index in [0.29, 0.717) is 16.1 Å². The van der Waals surface area contributed by atoms with Gasteiger partial charge in [-0.25, -0.2) is 8.42 Å². The summed E-state index contributed by atoms with van der Waals surface area (Å²) < 4.78 is 30.4. The van der Waals surface area contributed by atoms with Crippen molar-refractivity contribution in [1.82, 2.24) is 0 Å². The molecule has 0 aromatic heterocycles. The Bertz CT molecular complexity index is 616. The number of rotatable bonds is 4. The lowest BCUT2D eigenvalue weighted by molar-refractivity contribution is 0.0868. The molecule has 2 unspecified atom stereocenters. The van der Waals surface area contributed by atoms with Gasteiger partial charge in [-0.15, -0.1) is 0 Å². The second kappa shape index (κ2) is 6.88. The molecule has 0 bridgehead atoms. The Labute approximate surface area is 139 Å². The summed E-state index contributed by atoms with van der Waals surface area (Å²) in [6.45, 7) is 4.00. The summed E-state index contributed by atoms with van der Waals surface area (Å²) in [5.41, 5.74) is 0.782. The van der Waals surface area contributed by atoms with Crippen LogP contribution in [0.2, 0.25) is 0 Å². The third kappa shape index (κ3) is 4.14. The van der Waals surface area contributed by atoms with Gasteiger partial charge in [-0.05, 0) is 56.2 Å². The third-order valence-electron chi connectivity index (χ3n) is 4.10. The molecule has 2 rings (SSSR count). The molecule has 3 nitrogen and oxygen atoms in total. The second-order valence-electron chi connectivity index (χ2n) is 5.60. The van der Waals surface area contributed by atoms with Gasteiger partial charge in [-0.2, -0.15) is 0 Å². The van der Waals surface area contributed by atoms with Crippen molar-refractivity contribution >= 4 is 35.7 Å². The summed E-state index contributed by atoms with van der Waals surface area (Å²) in [6.07, 6.45) is 5.57. The zero-order valence-electron chi connectivity index (χ0n) is 12.2. The fraction of sp³-hybridized carbons (Fsp3) is 0.600. The molecule has 118 valence electrons. The maximum atomic E-state index is 11.8. The van der Waals surface area contributed by atoms with Gasteiger partial charge >= 0.3 is 0 Å². The fourth-order valence-electron chi connectivity index (χ4n) is 2.98. The summed E-state index contributed by atoms with van der Waals surface area (Å²) in [4.78, 5) is 0.0523. The zero-order chi connectivity index (χ0) is 15.6. The van der Waals surface area contributed by atoms with Gasteiger partial charge in [-0.3, -0.25) is 0 Å². The quantitative estimate of drug-likeness (QED) is 0.671. The van der Waals surface area contributed by atoms with E-state index in [0.717, 1.165) is 31.2 Å². The van der Waals surface area contributed by atoms with Crippen LogP contribution in [-0.4, -0.2) is 14.5 Å². The lowest BCUT2D eigenvalue weighted by Gasteiger charge is -2.32. The first-order chi connectivity index (χ1) is 9.82. The molecule has 21 heavy (non-hydrogen) atoms. The predicted octanol–water partition coefficient (Wildman–Crippen LogP) is 5.03. The monoisotopic (exact) mass is 394 g/mol. The normalized spacial score (nSPS) is 23.0. The Morgan fingerprint density at radius 3 is 2.62 bits per heavy atom. The number of hydrogen-bond donors (Lipinski definition) is 0. The Hall–Kier alpha value is -0.260. The van der Waals surface area contributed by atoms with Gasteiger partial charge in [-0.1, -0.05) is 29.3 Å². The van der Waals surface area contributed by atoms with E-state index < -0.39 is 9.05 Å². The van der Waals surface area contributed by atoms with Crippen molar-refractivity contribution in [3.8, 4) is 5.75 Å². The molecule has 1 fully saturated rings. The molecule has 0 saturated heterocycles. The third-order valence-corrected chi connectivity index (χ3v) is 5.89. The maximum absolute atomic E-state index is 11.8. The molecule has 1 saturated carbocycles. The molecule has 6 heteroatoms. The van der Waals surface area contributed by atoms with Crippen molar-refractivity contribution in [2.24, 2.45) is 5.92 Å². The molecular weight excluding hydrogens is 376 g/mol. The van der Waals surface area contributed by atoms with Crippen molar-refractivity contribution < 1.29 is 13.2 Å². The van der Waals surface area contributed by atoms with E-state index in [-0.39, 0.29) is 11.0 Å². The summed E-state index contributed by atoms with van der Waals surface area (Å²) >= 11 is 3.31. The van der Waals surface area contributed by atoms with Crippen LogP contribution in [0, 0.1) is 12.8 Å². The Morgan fingerprint density at radius 1 is 1.33 bits per heavy atom. The minimum absolute atomic E-state index is 0.0523. The largest absolute Gasteiger partial charge is 0.488 e. The number of hydrogen-bond acceptors (Lipinski definition) is 3. The van der Waals surface area contributed by atoms with E-state index in [4.69, 9.17) is 15.4 Å². The second-order valence-corrected chi connectivity index (χ2v) is 9.05. The van der Waals surface area contributed by atoms with E-state index in [1.165, 1.54) is 12.5 Å². The molecule has 0 amide bonds. The average molecular weight is 396 g/mol. The molecule has 0 aliphatic heterocycles. The SMILES string of the molecule is CCC1CCCCC1Oc1c(C)cc(Br)cc1S(=O)(=O)Cl. The van der Waals surface area contributed by atoms with Crippen LogP contribution in [0.25, 0.3) is 0 Å².